The molecule has 3 unspecified atom stereocenters. The van der Waals surface area contributed by atoms with Crippen LogP contribution in [-0.4, -0.2) is 32.7 Å². The van der Waals surface area contributed by atoms with Crippen molar-refractivity contribution in [3.63, 3.8) is 0 Å². The molecule has 27 heavy (non-hydrogen) atoms. The molecule has 0 amide bonds. The first-order valence-electron chi connectivity index (χ1n) is 11.0. The predicted octanol–water partition coefficient (Wildman–Crippen LogP) is 6.33. The zero-order valence-corrected chi connectivity index (χ0v) is 19.4. The van der Waals surface area contributed by atoms with Crippen LogP contribution in [-0.2, 0) is 0 Å². The predicted molar refractivity (Wildman–Crippen MR) is 125 cm³/mol. The number of hydrogen-bond acceptors (Lipinski definition) is 4. The fourth-order valence-corrected chi connectivity index (χ4v) is 4.05. The maximum absolute atomic E-state index is 9.71. The van der Waals surface area contributed by atoms with Gasteiger partial charge < -0.3 is 14.9 Å². The third-order valence-corrected chi connectivity index (χ3v) is 6.51. The summed E-state index contributed by atoms with van der Waals surface area (Å²) < 4.78 is 3.04. The van der Waals surface area contributed by atoms with E-state index in [2.05, 4.69) is 30.7 Å². The first kappa shape index (κ1) is 26.9. The average molecular weight is 418 g/mol. The molecule has 0 aromatic heterocycles. The quantitative estimate of drug-likeness (QED) is 0.105. The Balaban J connectivity index is 3.58. The highest BCUT2D eigenvalue weighted by Crippen LogP contribution is 2.19. The zero-order valence-electron chi connectivity index (χ0n) is 17.8. The number of nitrogens with one attached hydrogen (secondary N) is 1. The van der Waals surface area contributed by atoms with Crippen LogP contribution in [0, 0.1) is 0 Å². The van der Waals surface area contributed by atoms with Gasteiger partial charge in [-0.15, -0.1) is 0 Å². The number of allylic oxidation sites excluding steroid dienone is 2. The van der Waals surface area contributed by atoms with Gasteiger partial charge >= 0.3 is 0 Å². The molecular formula is C22H43NO2S2. The molecule has 0 aliphatic heterocycles. The molecule has 0 saturated carbocycles. The molecule has 0 spiro atoms. The molecule has 0 rings (SSSR count). The summed E-state index contributed by atoms with van der Waals surface area (Å²) >= 11 is 6.69. The number of rotatable bonds is 18. The minimum atomic E-state index is -0.979. The van der Waals surface area contributed by atoms with Crippen molar-refractivity contribution in [2.75, 3.05) is 0 Å². The van der Waals surface area contributed by atoms with Crippen molar-refractivity contribution < 1.29 is 10.2 Å². The molecule has 3 N–H and O–H groups in total. The number of hydrogen-bond donors (Lipinski definition) is 3. The summed E-state index contributed by atoms with van der Waals surface area (Å²) in [7, 11) is 0. The van der Waals surface area contributed by atoms with Gasteiger partial charge in [-0.1, -0.05) is 83.2 Å². The van der Waals surface area contributed by atoms with Crippen LogP contribution in [0.5, 0.6) is 0 Å². The molecule has 3 atom stereocenters. The second kappa shape index (κ2) is 19.2. The average Bonchev–Trinajstić information content (AvgIpc) is 2.66. The normalized spacial score (nSPS) is 15.0. The number of thiocarbonyl (C=S) groups is 1. The molecule has 0 aromatic carbocycles. The molecule has 0 saturated heterocycles. The Morgan fingerprint density at radius 2 is 1.48 bits per heavy atom. The number of aliphatic hydroxyl groups is 2. The van der Waals surface area contributed by atoms with E-state index in [1.807, 2.05) is 0 Å². The van der Waals surface area contributed by atoms with Crippen LogP contribution in [0.15, 0.2) is 12.2 Å². The van der Waals surface area contributed by atoms with Crippen molar-refractivity contribution >= 4 is 29.2 Å². The van der Waals surface area contributed by atoms with Crippen LogP contribution in [0.2, 0.25) is 0 Å². The van der Waals surface area contributed by atoms with Crippen LogP contribution in [0.3, 0.4) is 0 Å². The van der Waals surface area contributed by atoms with Crippen molar-refractivity contribution in [3.05, 3.63) is 12.2 Å². The molecule has 0 aliphatic rings. The third kappa shape index (κ3) is 16.5. The van der Waals surface area contributed by atoms with Gasteiger partial charge in [0.1, 0.15) is 11.1 Å². The van der Waals surface area contributed by atoms with Crippen molar-refractivity contribution in [1.29, 1.82) is 0 Å². The lowest BCUT2D eigenvalue weighted by Crippen LogP contribution is -2.37. The van der Waals surface area contributed by atoms with Gasteiger partial charge in [0.15, 0.2) is 0 Å². The van der Waals surface area contributed by atoms with E-state index in [1.165, 1.54) is 70.6 Å². The minimum Gasteiger partial charge on any atom is -0.390 e. The van der Waals surface area contributed by atoms with Gasteiger partial charge in [-0.05, 0) is 57.4 Å². The minimum absolute atomic E-state index is 0.323. The lowest BCUT2D eigenvalue weighted by Gasteiger charge is -2.19. The van der Waals surface area contributed by atoms with Gasteiger partial charge in [0.05, 0.1) is 6.10 Å². The Morgan fingerprint density at radius 1 is 0.926 bits per heavy atom. The summed E-state index contributed by atoms with van der Waals surface area (Å²) in [6.45, 7) is 5.99. The highest BCUT2D eigenvalue weighted by Gasteiger charge is 2.17. The lowest BCUT2D eigenvalue weighted by atomic mass is 10.1. The Bertz CT molecular complexity index is 375. The maximum atomic E-state index is 9.71. The number of unbranched alkanes of at least 4 members (excludes halogenated alkanes) is 9. The molecule has 0 fully saturated rings. The second-order valence-corrected chi connectivity index (χ2v) is 9.01. The summed E-state index contributed by atoms with van der Waals surface area (Å²) in [5, 5.41) is 19.6. The van der Waals surface area contributed by atoms with Gasteiger partial charge in [0.2, 0.25) is 0 Å². The summed E-state index contributed by atoms with van der Waals surface area (Å²) in [6.07, 6.45) is 19.6. The van der Waals surface area contributed by atoms with Gasteiger partial charge in [-0.25, -0.2) is 0 Å². The largest absolute Gasteiger partial charge is 0.390 e. The van der Waals surface area contributed by atoms with E-state index < -0.39 is 12.2 Å². The first-order chi connectivity index (χ1) is 13.0. The summed E-state index contributed by atoms with van der Waals surface area (Å²) in [5.41, 5.74) is 0. The van der Waals surface area contributed by atoms with Crippen LogP contribution in [0.25, 0.3) is 0 Å². The van der Waals surface area contributed by atoms with Gasteiger partial charge in [-0.3, -0.25) is 0 Å². The monoisotopic (exact) mass is 417 g/mol. The van der Waals surface area contributed by atoms with E-state index in [4.69, 9.17) is 12.2 Å². The van der Waals surface area contributed by atoms with E-state index >= 15 is 0 Å². The van der Waals surface area contributed by atoms with Crippen molar-refractivity contribution in [3.8, 4) is 0 Å². The van der Waals surface area contributed by atoms with Crippen molar-refractivity contribution in [1.82, 2.24) is 4.72 Å². The SMILES string of the molecule is CCCCCCCCC=CCCCCCC(CC)SNC(=S)C(O)C(C)O. The zero-order chi connectivity index (χ0) is 20.3. The van der Waals surface area contributed by atoms with Crippen LogP contribution in [0.4, 0.5) is 0 Å². The van der Waals surface area contributed by atoms with Gasteiger partial charge in [0.25, 0.3) is 0 Å². The molecule has 5 heteroatoms. The molecule has 0 bridgehead atoms. The van der Waals surface area contributed by atoms with Gasteiger partial charge in [-0.2, -0.15) is 0 Å². The Morgan fingerprint density at radius 3 is 2.04 bits per heavy atom. The lowest BCUT2D eigenvalue weighted by molar-refractivity contribution is 0.0740. The molecule has 3 nitrogen and oxygen atoms in total. The van der Waals surface area contributed by atoms with Crippen molar-refractivity contribution in [2.24, 2.45) is 0 Å². The summed E-state index contributed by atoms with van der Waals surface area (Å²) in [4.78, 5) is 0.323. The topological polar surface area (TPSA) is 52.5 Å². The Labute approximate surface area is 177 Å². The van der Waals surface area contributed by atoms with E-state index in [9.17, 15) is 10.2 Å². The van der Waals surface area contributed by atoms with E-state index in [-0.39, 0.29) is 0 Å². The first-order valence-corrected chi connectivity index (χ1v) is 12.3. The third-order valence-electron chi connectivity index (χ3n) is 4.79. The fourth-order valence-electron chi connectivity index (χ4n) is 2.86. The number of aliphatic hydroxyl groups excluding tert-OH is 2. The fraction of sp³-hybridized carbons (Fsp3) is 0.864. The van der Waals surface area contributed by atoms with E-state index in [1.54, 1.807) is 18.9 Å². The Hall–Kier alpha value is -0.100. The van der Waals surface area contributed by atoms with Crippen molar-refractivity contribution in [2.45, 2.75) is 122 Å². The Kier molecular flexibility index (Phi) is 19.2. The maximum Gasteiger partial charge on any atom is 0.130 e. The second-order valence-electron chi connectivity index (χ2n) is 7.47. The van der Waals surface area contributed by atoms with Crippen LogP contribution < -0.4 is 4.72 Å². The molecule has 0 aliphatic carbocycles. The smallest absolute Gasteiger partial charge is 0.130 e. The molecule has 0 heterocycles. The molecule has 0 radical (unpaired) electrons. The van der Waals surface area contributed by atoms with Crippen LogP contribution in [0.1, 0.15) is 104 Å². The van der Waals surface area contributed by atoms with E-state index in [0.717, 1.165) is 12.8 Å². The molecule has 160 valence electrons. The summed E-state index contributed by atoms with van der Waals surface area (Å²) in [5.74, 6) is 0. The highest BCUT2D eigenvalue weighted by atomic mass is 32.2. The van der Waals surface area contributed by atoms with Crippen LogP contribution >= 0.6 is 24.2 Å². The standard InChI is InChI=1S/C22H43NO2S2/c1-4-6-7-8-9-10-11-12-13-14-15-16-17-18-20(5-2)27-23-22(26)21(25)19(3)24/h12-13,19-21,24-25H,4-11,14-18H2,1-3H3,(H,23,26). The highest BCUT2D eigenvalue weighted by molar-refractivity contribution is 7.99. The molecule has 0 aromatic rings. The van der Waals surface area contributed by atoms with Gasteiger partial charge in [0, 0.05) is 5.25 Å². The summed E-state index contributed by atoms with van der Waals surface area (Å²) in [6, 6.07) is 0. The molecular weight excluding hydrogens is 374 g/mol. The van der Waals surface area contributed by atoms with E-state index in [0.29, 0.717) is 10.2 Å².